The normalized spacial score (nSPS) is 16.2. The summed E-state index contributed by atoms with van der Waals surface area (Å²) in [7, 11) is 0. The molecule has 0 amide bonds. The van der Waals surface area contributed by atoms with Crippen molar-refractivity contribution in [1.82, 2.24) is 14.9 Å². The van der Waals surface area contributed by atoms with Gasteiger partial charge in [0, 0.05) is 38.3 Å². The molecule has 8 nitrogen and oxygen atoms in total. The summed E-state index contributed by atoms with van der Waals surface area (Å²) in [6.45, 7) is 5.16. The van der Waals surface area contributed by atoms with Gasteiger partial charge in [-0.3, -0.25) is 15.0 Å². The van der Waals surface area contributed by atoms with E-state index < -0.39 is 4.92 Å². The van der Waals surface area contributed by atoms with Gasteiger partial charge in [-0.25, -0.2) is 4.98 Å². The summed E-state index contributed by atoms with van der Waals surface area (Å²) in [5, 5.41) is 13.9. The minimum absolute atomic E-state index is 0.0611. The summed E-state index contributed by atoms with van der Waals surface area (Å²) in [5.74, 6) is 0.638. The number of non-ortho nitro benzene ring substituents is 1. The molecular formula is C13H17N5O3. The third kappa shape index (κ3) is 3.29. The molecule has 3 rings (SSSR count). The van der Waals surface area contributed by atoms with Gasteiger partial charge >= 0.3 is 0 Å². The van der Waals surface area contributed by atoms with Crippen LogP contribution in [0.4, 0.5) is 11.6 Å². The van der Waals surface area contributed by atoms with Crippen molar-refractivity contribution in [3.05, 3.63) is 28.3 Å². The highest BCUT2D eigenvalue weighted by molar-refractivity contribution is 5.79. The number of anilines is 1. The van der Waals surface area contributed by atoms with E-state index in [0.717, 1.165) is 44.9 Å². The van der Waals surface area contributed by atoms with E-state index in [-0.39, 0.29) is 5.69 Å². The van der Waals surface area contributed by atoms with Gasteiger partial charge < -0.3 is 15.0 Å². The van der Waals surface area contributed by atoms with Crippen molar-refractivity contribution in [3.8, 4) is 0 Å². The standard InChI is InChI=1S/C13H17N5O3/c19-18(20)10-1-2-11-12(9-10)16-13(15-11)14-3-4-17-5-7-21-8-6-17/h1-2,9H,3-8H2,(H2,14,15,16). The maximum Gasteiger partial charge on any atom is 0.271 e. The van der Waals surface area contributed by atoms with E-state index in [1.165, 1.54) is 12.1 Å². The molecule has 0 saturated carbocycles. The molecule has 1 aliphatic rings. The number of nitro benzene ring substituents is 1. The second-order valence-electron chi connectivity index (χ2n) is 4.92. The highest BCUT2D eigenvalue weighted by Gasteiger charge is 2.11. The van der Waals surface area contributed by atoms with Gasteiger partial charge in [0.25, 0.3) is 5.69 Å². The number of fused-ring (bicyclic) bond motifs is 1. The Labute approximate surface area is 121 Å². The molecule has 2 aromatic rings. The Morgan fingerprint density at radius 3 is 3.00 bits per heavy atom. The van der Waals surface area contributed by atoms with Gasteiger partial charge in [-0.15, -0.1) is 0 Å². The Hall–Kier alpha value is -2.19. The van der Waals surface area contributed by atoms with Crippen LogP contribution in [0.1, 0.15) is 0 Å². The van der Waals surface area contributed by atoms with Crippen LogP contribution in [0.15, 0.2) is 18.2 Å². The predicted octanol–water partition coefficient (Wildman–Crippen LogP) is 1.22. The largest absolute Gasteiger partial charge is 0.379 e. The summed E-state index contributed by atoms with van der Waals surface area (Å²) in [4.78, 5) is 20.1. The lowest BCUT2D eigenvalue weighted by atomic mass is 10.3. The Bertz CT molecular complexity index is 636. The number of hydrogen-bond acceptors (Lipinski definition) is 6. The van der Waals surface area contributed by atoms with Gasteiger partial charge in [-0.1, -0.05) is 0 Å². The molecule has 0 aliphatic carbocycles. The van der Waals surface area contributed by atoms with Crippen LogP contribution in [0.3, 0.4) is 0 Å². The fraction of sp³-hybridized carbons (Fsp3) is 0.462. The molecule has 0 bridgehead atoms. The highest BCUT2D eigenvalue weighted by Crippen LogP contribution is 2.20. The van der Waals surface area contributed by atoms with E-state index >= 15 is 0 Å². The third-order valence-electron chi connectivity index (χ3n) is 3.50. The van der Waals surface area contributed by atoms with Gasteiger partial charge in [0.15, 0.2) is 0 Å². The average Bonchev–Trinajstić information content (AvgIpc) is 2.90. The van der Waals surface area contributed by atoms with E-state index in [1.54, 1.807) is 6.07 Å². The van der Waals surface area contributed by atoms with Crippen LogP contribution in [-0.2, 0) is 4.74 Å². The number of nitrogens with one attached hydrogen (secondary N) is 2. The summed E-state index contributed by atoms with van der Waals surface area (Å²) >= 11 is 0. The molecule has 1 aromatic carbocycles. The highest BCUT2D eigenvalue weighted by atomic mass is 16.6. The Morgan fingerprint density at radius 1 is 1.43 bits per heavy atom. The molecule has 1 aliphatic heterocycles. The maximum atomic E-state index is 10.7. The van der Waals surface area contributed by atoms with E-state index in [4.69, 9.17) is 4.74 Å². The molecule has 1 aromatic heterocycles. The first kappa shape index (κ1) is 13.8. The number of nitrogens with zero attached hydrogens (tertiary/aromatic N) is 3. The molecule has 0 unspecified atom stereocenters. The predicted molar refractivity (Wildman–Crippen MR) is 78.5 cm³/mol. The van der Waals surface area contributed by atoms with Crippen molar-refractivity contribution < 1.29 is 9.66 Å². The fourth-order valence-electron chi connectivity index (χ4n) is 2.35. The molecule has 21 heavy (non-hydrogen) atoms. The van der Waals surface area contributed by atoms with Gasteiger partial charge in [0.2, 0.25) is 5.95 Å². The number of aromatic amines is 1. The van der Waals surface area contributed by atoms with Crippen molar-refractivity contribution in [2.24, 2.45) is 0 Å². The SMILES string of the molecule is O=[N+]([O-])c1ccc2nc(NCCN3CCOCC3)[nH]c2c1. The van der Waals surface area contributed by atoms with Gasteiger partial charge in [0.05, 0.1) is 29.2 Å². The van der Waals surface area contributed by atoms with Crippen LogP contribution in [-0.4, -0.2) is 59.2 Å². The zero-order valence-electron chi connectivity index (χ0n) is 11.5. The second-order valence-corrected chi connectivity index (χ2v) is 4.92. The third-order valence-corrected chi connectivity index (χ3v) is 3.50. The number of hydrogen-bond donors (Lipinski definition) is 2. The molecule has 2 heterocycles. The van der Waals surface area contributed by atoms with Crippen molar-refractivity contribution >= 4 is 22.7 Å². The first-order valence-electron chi connectivity index (χ1n) is 6.90. The summed E-state index contributed by atoms with van der Waals surface area (Å²) in [6, 6.07) is 4.60. The van der Waals surface area contributed by atoms with E-state index in [0.29, 0.717) is 11.5 Å². The Balaban J connectivity index is 1.60. The molecule has 112 valence electrons. The van der Waals surface area contributed by atoms with Crippen molar-refractivity contribution in [2.45, 2.75) is 0 Å². The number of aromatic nitrogens is 2. The maximum absolute atomic E-state index is 10.7. The Kier molecular flexibility index (Phi) is 3.98. The van der Waals surface area contributed by atoms with E-state index in [1.807, 2.05) is 0 Å². The quantitative estimate of drug-likeness (QED) is 0.635. The van der Waals surface area contributed by atoms with Crippen LogP contribution >= 0.6 is 0 Å². The van der Waals surface area contributed by atoms with Crippen LogP contribution in [0.25, 0.3) is 11.0 Å². The minimum atomic E-state index is -0.411. The molecule has 0 atom stereocenters. The van der Waals surface area contributed by atoms with E-state index in [2.05, 4.69) is 20.2 Å². The lowest BCUT2D eigenvalue weighted by Crippen LogP contribution is -2.39. The number of rotatable bonds is 5. The van der Waals surface area contributed by atoms with Crippen LogP contribution in [0.5, 0.6) is 0 Å². The van der Waals surface area contributed by atoms with Gasteiger partial charge in [-0.05, 0) is 6.07 Å². The number of benzene rings is 1. The minimum Gasteiger partial charge on any atom is -0.379 e. The van der Waals surface area contributed by atoms with E-state index in [9.17, 15) is 10.1 Å². The van der Waals surface area contributed by atoms with Crippen LogP contribution in [0.2, 0.25) is 0 Å². The second kappa shape index (κ2) is 6.06. The molecule has 1 fully saturated rings. The van der Waals surface area contributed by atoms with Crippen LogP contribution in [0, 0.1) is 10.1 Å². The van der Waals surface area contributed by atoms with Crippen molar-refractivity contribution in [2.75, 3.05) is 44.7 Å². The molecular weight excluding hydrogens is 274 g/mol. The summed E-state index contributed by atoms with van der Waals surface area (Å²) < 4.78 is 5.30. The Morgan fingerprint density at radius 2 is 2.24 bits per heavy atom. The zero-order valence-corrected chi connectivity index (χ0v) is 11.5. The zero-order chi connectivity index (χ0) is 14.7. The number of ether oxygens (including phenoxy) is 1. The van der Waals surface area contributed by atoms with Crippen molar-refractivity contribution in [1.29, 1.82) is 0 Å². The number of nitro groups is 1. The smallest absolute Gasteiger partial charge is 0.271 e. The number of morpholine rings is 1. The van der Waals surface area contributed by atoms with Crippen LogP contribution < -0.4 is 5.32 Å². The molecule has 1 saturated heterocycles. The molecule has 8 heteroatoms. The van der Waals surface area contributed by atoms with Gasteiger partial charge in [-0.2, -0.15) is 0 Å². The van der Waals surface area contributed by atoms with Crippen molar-refractivity contribution in [3.63, 3.8) is 0 Å². The van der Waals surface area contributed by atoms with Gasteiger partial charge in [0.1, 0.15) is 0 Å². The first-order valence-corrected chi connectivity index (χ1v) is 6.90. The fourth-order valence-corrected chi connectivity index (χ4v) is 2.35. The number of imidazole rings is 1. The summed E-state index contributed by atoms with van der Waals surface area (Å²) in [6.07, 6.45) is 0. The lowest BCUT2D eigenvalue weighted by molar-refractivity contribution is -0.384. The monoisotopic (exact) mass is 291 g/mol. The molecule has 0 radical (unpaired) electrons. The summed E-state index contributed by atoms with van der Waals surface area (Å²) in [5.41, 5.74) is 1.44. The first-order chi connectivity index (χ1) is 10.2. The molecule has 0 spiro atoms. The average molecular weight is 291 g/mol. The lowest BCUT2D eigenvalue weighted by Gasteiger charge is -2.26. The topological polar surface area (TPSA) is 96.3 Å². The molecule has 2 N–H and O–H groups in total. The number of H-pyrrole nitrogens is 1.